The summed E-state index contributed by atoms with van der Waals surface area (Å²) in [6.45, 7) is 4.36. The molecule has 0 radical (unpaired) electrons. The number of fused-ring (bicyclic) bond motifs is 1. The van der Waals surface area contributed by atoms with Crippen LogP contribution in [-0.2, 0) is 0 Å². The molecule has 0 aliphatic rings. The predicted octanol–water partition coefficient (Wildman–Crippen LogP) is 3.22. The Morgan fingerprint density at radius 2 is 2.15 bits per heavy atom. The van der Waals surface area contributed by atoms with Gasteiger partial charge in [-0.3, -0.25) is 4.40 Å². The Labute approximate surface area is 85.7 Å². The van der Waals surface area contributed by atoms with Crippen LogP contribution in [0.5, 0.6) is 0 Å². The summed E-state index contributed by atoms with van der Waals surface area (Å²) in [5.41, 5.74) is 2.28. The van der Waals surface area contributed by atoms with E-state index < -0.39 is 0 Å². The molecule has 0 atom stereocenters. The molecule has 0 aliphatic carbocycles. The van der Waals surface area contributed by atoms with E-state index in [1.54, 1.807) is 0 Å². The summed E-state index contributed by atoms with van der Waals surface area (Å²) in [5.74, 6) is 0.509. The highest BCUT2D eigenvalue weighted by Crippen LogP contribution is 2.21. The van der Waals surface area contributed by atoms with Crippen LogP contribution in [-0.4, -0.2) is 9.38 Å². The van der Waals surface area contributed by atoms with E-state index >= 15 is 0 Å². The van der Waals surface area contributed by atoms with E-state index in [2.05, 4.69) is 45.2 Å². The summed E-state index contributed by atoms with van der Waals surface area (Å²) in [7, 11) is 0. The fourth-order valence-corrected chi connectivity index (χ4v) is 1.96. The largest absolute Gasteiger partial charge is 0.291 e. The Balaban J connectivity index is 2.80. The van der Waals surface area contributed by atoms with Gasteiger partial charge in [-0.25, -0.2) is 4.98 Å². The summed E-state index contributed by atoms with van der Waals surface area (Å²) in [5, 5.41) is 0. The number of rotatable bonds is 1. The highest BCUT2D eigenvalue weighted by molar-refractivity contribution is 9.10. The molecule has 0 unspecified atom stereocenters. The Hall–Kier alpha value is -0.830. The van der Waals surface area contributed by atoms with Gasteiger partial charge in [-0.1, -0.05) is 19.9 Å². The molecule has 2 aromatic rings. The Morgan fingerprint density at radius 1 is 1.38 bits per heavy atom. The third kappa shape index (κ3) is 1.37. The maximum atomic E-state index is 4.28. The van der Waals surface area contributed by atoms with Crippen LogP contribution in [0.4, 0.5) is 0 Å². The zero-order valence-electron chi connectivity index (χ0n) is 7.66. The molecule has 0 amide bonds. The zero-order chi connectivity index (χ0) is 9.42. The molecule has 0 aromatic carbocycles. The van der Waals surface area contributed by atoms with Gasteiger partial charge in [-0.05, 0) is 34.0 Å². The van der Waals surface area contributed by atoms with E-state index in [4.69, 9.17) is 0 Å². The molecule has 0 bridgehead atoms. The molecule has 0 saturated carbocycles. The highest BCUT2D eigenvalue weighted by Gasteiger charge is 2.07. The van der Waals surface area contributed by atoms with E-state index in [9.17, 15) is 0 Å². The number of hydrogen-bond acceptors (Lipinski definition) is 1. The smallest absolute Gasteiger partial charge is 0.137 e. The van der Waals surface area contributed by atoms with Gasteiger partial charge in [0.15, 0.2) is 0 Å². The standard InChI is InChI=1S/C10H11BrN2/c1-7(2)8-4-3-5-10-12-6-9(11)13(8)10/h3-7H,1-2H3. The van der Waals surface area contributed by atoms with Crippen LogP contribution in [0.15, 0.2) is 29.0 Å². The van der Waals surface area contributed by atoms with Crippen molar-refractivity contribution in [1.82, 2.24) is 9.38 Å². The van der Waals surface area contributed by atoms with Crippen molar-refractivity contribution in [2.45, 2.75) is 19.8 Å². The monoisotopic (exact) mass is 238 g/mol. The van der Waals surface area contributed by atoms with Gasteiger partial charge in [0.25, 0.3) is 0 Å². The molecule has 3 heteroatoms. The van der Waals surface area contributed by atoms with E-state index in [0.717, 1.165) is 10.3 Å². The van der Waals surface area contributed by atoms with Crippen LogP contribution < -0.4 is 0 Å². The van der Waals surface area contributed by atoms with Gasteiger partial charge in [0.2, 0.25) is 0 Å². The summed E-state index contributed by atoms with van der Waals surface area (Å²) in [4.78, 5) is 4.28. The quantitative estimate of drug-likeness (QED) is 0.746. The average molecular weight is 239 g/mol. The van der Waals surface area contributed by atoms with Crippen LogP contribution >= 0.6 is 15.9 Å². The lowest BCUT2D eigenvalue weighted by atomic mass is 10.1. The first-order chi connectivity index (χ1) is 6.20. The molecule has 0 saturated heterocycles. The minimum absolute atomic E-state index is 0.509. The number of hydrogen-bond donors (Lipinski definition) is 0. The van der Waals surface area contributed by atoms with Crippen molar-refractivity contribution < 1.29 is 0 Å². The maximum Gasteiger partial charge on any atom is 0.137 e. The molecule has 2 nitrogen and oxygen atoms in total. The second kappa shape index (κ2) is 3.14. The molecule has 13 heavy (non-hydrogen) atoms. The highest BCUT2D eigenvalue weighted by atomic mass is 79.9. The predicted molar refractivity (Wildman–Crippen MR) is 57.0 cm³/mol. The molecule has 0 fully saturated rings. The minimum atomic E-state index is 0.509. The molecule has 0 spiro atoms. The lowest BCUT2D eigenvalue weighted by Crippen LogP contribution is -1.98. The summed E-state index contributed by atoms with van der Waals surface area (Å²) in [6.07, 6.45) is 1.83. The Bertz CT molecular complexity index is 431. The molecule has 2 rings (SSSR count). The molecule has 0 aliphatic heterocycles. The number of nitrogens with zero attached hydrogens (tertiary/aromatic N) is 2. The van der Waals surface area contributed by atoms with Gasteiger partial charge in [0, 0.05) is 5.69 Å². The molecular weight excluding hydrogens is 228 g/mol. The van der Waals surface area contributed by atoms with Crippen LogP contribution in [0, 0.1) is 0 Å². The average Bonchev–Trinajstić information content (AvgIpc) is 2.48. The fraction of sp³-hybridized carbons (Fsp3) is 0.300. The lowest BCUT2D eigenvalue weighted by molar-refractivity contribution is 0.796. The van der Waals surface area contributed by atoms with E-state index in [1.807, 2.05) is 18.3 Å². The lowest BCUT2D eigenvalue weighted by Gasteiger charge is -2.09. The van der Waals surface area contributed by atoms with Crippen LogP contribution in [0.3, 0.4) is 0 Å². The van der Waals surface area contributed by atoms with Gasteiger partial charge in [-0.15, -0.1) is 0 Å². The van der Waals surface area contributed by atoms with Gasteiger partial charge >= 0.3 is 0 Å². The Morgan fingerprint density at radius 3 is 2.85 bits per heavy atom. The van der Waals surface area contributed by atoms with Crippen molar-refractivity contribution >= 4 is 21.6 Å². The minimum Gasteiger partial charge on any atom is -0.291 e. The second-order valence-electron chi connectivity index (χ2n) is 3.38. The number of halogens is 1. The molecule has 2 aromatic heterocycles. The topological polar surface area (TPSA) is 17.3 Å². The Kier molecular flexibility index (Phi) is 2.12. The van der Waals surface area contributed by atoms with Crippen LogP contribution in [0.2, 0.25) is 0 Å². The number of aromatic nitrogens is 2. The van der Waals surface area contributed by atoms with Crippen molar-refractivity contribution in [3.05, 3.63) is 34.7 Å². The molecule has 68 valence electrons. The maximum absolute atomic E-state index is 4.28. The number of imidazole rings is 1. The van der Waals surface area contributed by atoms with E-state index in [1.165, 1.54) is 5.69 Å². The number of pyridine rings is 1. The van der Waals surface area contributed by atoms with Gasteiger partial charge < -0.3 is 0 Å². The van der Waals surface area contributed by atoms with Gasteiger partial charge in [0.05, 0.1) is 6.20 Å². The van der Waals surface area contributed by atoms with Crippen molar-refractivity contribution in [2.24, 2.45) is 0 Å². The normalized spacial score (nSPS) is 11.4. The fourth-order valence-electron chi connectivity index (χ4n) is 1.48. The van der Waals surface area contributed by atoms with Crippen molar-refractivity contribution in [1.29, 1.82) is 0 Å². The first kappa shape index (κ1) is 8.75. The molecular formula is C10H11BrN2. The third-order valence-corrected chi connectivity index (χ3v) is 2.67. The SMILES string of the molecule is CC(C)c1cccc2ncc(Br)n12. The van der Waals surface area contributed by atoms with Gasteiger partial charge in [-0.2, -0.15) is 0 Å². The van der Waals surface area contributed by atoms with Crippen LogP contribution in [0.1, 0.15) is 25.5 Å². The van der Waals surface area contributed by atoms with E-state index in [-0.39, 0.29) is 0 Å². The summed E-state index contributed by atoms with van der Waals surface area (Å²) < 4.78 is 3.15. The van der Waals surface area contributed by atoms with Crippen molar-refractivity contribution in [2.75, 3.05) is 0 Å². The molecule has 0 N–H and O–H groups in total. The summed E-state index contributed by atoms with van der Waals surface area (Å²) >= 11 is 3.49. The second-order valence-corrected chi connectivity index (χ2v) is 4.19. The van der Waals surface area contributed by atoms with Gasteiger partial charge in [0.1, 0.15) is 10.3 Å². The first-order valence-corrected chi connectivity index (χ1v) is 5.11. The zero-order valence-corrected chi connectivity index (χ0v) is 9.25. The van der Waals surface area contributed by atoms with Crippen LogP contribution in [0.25, 0.3) is 5.65 Å². The third-order valence-electron chi connectivity index (χ3n) is 2.11. The molecule has 2 heterocycles. The summed E-state index contributed by atoms with van der Waals surface area (Å²) in [6, 6.07) is 6.19. The first-order valence-electron chi connectivity index (χ1n) is 4.32. The van der Waals surface area contributed by atoms with Crippen molar-refractivity contribution in [3.63, 3.8) is 0 Å². The van der Waals surface area contributed by atoms with Crippen molar-refractivity contribution in [3.8, 4) is 0 Å². The van der Waals surface area contributed by atoms with E-state index in [0.29, 0.717) is 5.92 Å².